The standard InChI is InChI=1S/C30H84O9Si12/c1-40(2)31-49(32-41(3)4,33-42(5)6)24-21-28-19-20-29(22-25-50(34-43(7)8,35-44(9)10)36-45(11)12)30(27-28)23-26-51(37-46(13)14,38-47(15)16)39-48(17)18/h28-30,40-48H,19-27H2,1-18H3. The predicted molar refractivity (Wildman–Crippen MR) is 250 cm³/mol. The summed E-state index contributed by atoms with van der Waals surface area (Å²) in [6.45, 7) is 40.9. The van der Waals surface area contributed by atoms with Crippen molar-refractivity contribution in [1.29, 1.82) is 0 Å². The molecule has 0 bridgehead atoms. The maximum atomic E-state index is 6.89. The summed E-state index contributed by atoms with van der Waals surface area (Å²) in [4.78, 5) is 0. The molecule has 0 N–H and O–H groups in total. The zero-order valence-corrected chi connectivity index (χ0v) is 49.9. The van der Waals surface area contributed by atoms with E-state index in [4.69, 9.17) is 37.0 Å². The van der Waals surface area contributed by atoms with Crippen LogP contribution in [0, 0.1) is 17.8 Å². The van der Waals surface area contributed by atoms with Gasteiger partial charge in [0.25, 0.3) is 0 Å². The molecule has 1 fully saturated rings. The molecule has 3 atom stereocenters. The smallest absolute Gasteiger partial charge is 0.420 e. The third kappa shape index (κ3) is 21.5. The van der Waals surface area contributed by atoms with Crippen molar-refractivity contribution in [2.45, 2.75) is 175 Å². The topological polar surface area (TPSA) is 83.1 Å². The predicted octanol–water partition coefficient (Wildman–Crippen LogP) is 7.01. The van der Waals surface area contributed by atoms with Gasteiger partial charge in [-0.25, -0.2) is 0 Å². The molecule has 0 saturated heterocycles. The quantitative estimate of drug-likeness (QED) is 0.0810. The minimum absolute atomic E-state index is 0.579. The molecular formula is C30H84O9Si12. The molecule has 1 saturated carbocycles. The highest BCUT2D eigenvalue weighted by Gasteiger charge is 2.48. The second-order valence-corrected chi connectivity index (χ2v) is 50.3. The van der Waals surface area contributed by atoms with Crippen molar-refractivity contribution < 1.29 is 37.0 Å². The van der Waals surface area contributed by atoms with Crippen LogP contribution < -0.4 is 0 Å². The first-order chi connectivity index (χ1) is 23.5. The molecule has 306 valence electrons. The van der Waals surface area contributed by atoms with E-state index < -0.39 is 108 Å². The lowest BCUT2D eigenvalue weighted by Gasteiger charge is -2.42. The van der Waals surface area contributed by atoms with Gasteiger partial charge in [-0.2, -0.15) is 0 Å². The summed E-state index contributed by atoms with van der Waals surface area (Å²) in [7, 11) is -20.3. The molecule has 0 aliphatic heterocycles. The Balaban J connectivity index is 3.48. The summed E-state index contributed by atoms with van der Waals surface area (Å²) in [5.74, 6) is 1.83. The van der Waals surface area contributed by atoms with Crippen molar-refractivity contribution >= 4 is 108 Å². The van der Waals surface area contributed by atoms with E-state index in [-0.39, 0.29) is 0 Å². The van der Waals surface area contributed by atoms with Gasteiger partial charge in [0.05, 0.1) is 0 Å². The lowest BCUT2D eigenvalue weighted by Crippen LogP contribution is -2.54. The van der Waals surface area contributed by atoms with E-state index in [0.29, 0.717) is 17.8 Å². The molecule has 1 aliphatic rings. The van der Waals surface area contributed by atoms with Crippen LogP contribution in [0.4, 0.5) is 0 Å². The molecule has 0 amide bonds. The van der Waals surface area contributed by atoms with Crippen molar-refractivity contribution in [1.82, 2.24) is 0 Å². The van der Waals surface area contributed by atoms with Gasteiger partial charge in [0.1, 0.15) is 0 Å². The summed E-state index contributed by atoms with van der Waals surface area (Å²) in [6, 6.07) is 2.85. The average Bonchev–Trinajstić information content (AvgIpc) is 2.91. The number of rotatable bonds is 27. The highest BCUT2D eigenvalue weighted by Crippen LogP contribution is 2.44. The lowest BCUT2D eigenvalue weighted by atomic mass is 9.71. The highest BCUT2D eigenvalue weighted by atomic mass is 28.5. The summed E-state index contributed by atoms with van der Waals surface area (Å²) in [5.41, 5.74) is 0. The first-order valence-corrected chi connectivity index (χ1v) is 51.4. The normalized spacial score (nSPS) is 19.9. The van der Waals surface area contributed by atoms with E-state index in [9.17, 15) is 0 Å². The van der Waals surface area contributed by atoms with Crippen molar-refractivity contribution in [2.24, 2.45) is 17.8 Å². The lowest BCUT2D eigenvalue weighted by molar-refractivity contribution is 0.150. The van der Waals surface area contributed by atoms with Gasteiger partial charge in [0.2, 0.25) is 0 Å². The van der Waals surface area contributed by atoms with Crippen LogP contribution in [0.5, 0.6) is 0 Å². The molecule has 0 spiro atoms. The van der Waals surface area contributed by atoms with Crippen LogP contribution in [-0.2, 0) is 37.0 Å². The van der Waals surface area contributed by atoms with Gasteiger partial charge in [-0.05, 0) is 168 Å². The average molecular weight is 926 g/mol. The van der Waals surface area contributed by atoms with Crippen LogP contribution in [-0.4, -0.2) is 108 Å². The first-order valence-electron chi connectivity index (χ1n) is 20.6. The van der Waals surface area contributed by atoms with Gasteiger partial charge < -0.3 is 37.0 Å². The Kier molecular flexibility index (Phi) is 25.0. The maximum absolute atomic E-state index is 6.89. The Morgan fingerprint density at radius 2 is 0.569 bits per heavy atom. The number of hydrogen-bond acceptors (Lipinski definition) is 9. The van der Waals surface area contributed by atoms with Crippen LogP contribution in [0.1, 0.15) is 38.5 Å². The van der Waals surface area contributed by atoms with Gasteiger partial charge >= 0.3 is 26.4 Å². The molecule has 0 aromatic rings. The van der Waals surface area contributed by atoms with Crippen molar-refractivity contribution in [3.05, 3.63) is 0 Å². The minimum atomic E-state index is -2.75. The van der Waals surface area contributed by atoms with Gasteiger partial charge in [-0.1, -0.05) is 6.42 Å². The van der Waals surface area contributed by atoms with Crippen molar-refractivity contribution in [2.75, 3.05) is 0 Å². The Morgan fingerprint density at radius 1 is 0.333 bits per heavy atom. The Labute approximate surface area is 335 Å². The molecule has 1 rings (SSSR count). The molecule has 51 heavy (non-hydrogen) atoms. The van der Waals surface area contributed by atoms with Gasteiger partial charge in [-0.15, -0.1) is 0 Å². The largest absolute Gasteiger partial charge is 0.468 e. The summed E-state index contributed by atoms with van der Waals surface area (Å²) >= 11 is 0. The zero-order valence-electron chi connectivity index (χ0n) is 36.5. The molecule has 9 nitrogen and oxygen atoms in total. The van der Waals surface area contributed by atoms with E-state index in [1.54, 1.807) is 0 Å². The zero-order chi connectivity index (χ0) is 39.2. The van der Waals surface area contributed by atoms with Crippen LogP contribution in [0.3, 0.4) is 0 Å². The summed E-state index contributed by atoms with van der Waals surface area (Å²) < 4.78 is 61.7. The van der Waals surface area contributed by atoms with Crippen LogP contribution >= 0.6 is 0 Å². The van der Waals surface area contributed by atoms with Gasteiger partial charge in [0, 0.05) is 18.1 Å². The fourth-order valence-corrected chi connectivity index (χ4v) is 46.3. The van der Waals surface area contributed by atoms with E-state index >= 15 is 0 Å². The Hall–Kier alpha value is 2.24. The van der Waals surface area contributed by atoms with Crippen LogP contribution in [0.15, 0.2) is 0 Å². The number of hydrogen-bond donors (Lipinski definition) is 0. The van der Waals surface area contributed by atoms with Crippen LogP contribution in [0.2, 0.25) is 136 Å². The molecule has 0 heterocycles. The van der Waals surface area contributed by atoms with E-state index in [1.165, 1.54) is 19.3 Å². The Morgan fingerprint density at radius 3 is 0.824 bits per heavy atom. The van der Waals surface area contributed by atoms with Crippen LogP contribution in [0.25, 0.3) is 0 Å². The third-order valence-electron chi connectivity index (χ3n) is 8.49. The van der Waals surface area contributed by atoms with E-state index in [1.807, 2.05) is 0 Å². The fraction of sp³-hybridized carbons (Fsp3) is 1.00. The summed E-state index contributed by atoms with van der Waals surface area (Å²) in [6.07, 6.45) is 7.06. The van der Waals surface area contributed by atoms with E-state index in [2.05, 4.69) is 118 Å². The SMILES string of the molecule is C[SiH](C)O[Si](CCC1CCC(CC[Si](O[SiH](C)C)(O[SiH](C)C)O[SiH](C)C)C(CC[Si](O[SiH](C)C)(O[SiH](C)C)O[SiH](C)C)C1)(O[SiH](C)C)O[SiH](C)C. The molecule has 0 aromatic heterocycles. The second kappa shape index (κ2) is 24.9. The molecule has 0 aromatic carbocycles. The third-order valence-corrected chi connectivity index (χ3v) is 41.1. The second-order valence-electron chi connectivity index (χ2n) is 17.4. The van der Waals surface area contributed by atoms with E-state index in [0.717, 1.165) is 37.4 Å². The molecule has 0 radical (unpaired) electrons. The molecule has 3 unspecified atom stereocenters. The molecule has 1 aliphatic carbocycles. The minimum Gasteiger partial charge on any atom is -0.420 e. The fourth-order valence-electron chi connectivity index (χ4n) is 7.54. The molecular weight excluding hydrogens is 841 g/mol. The summed E-state index contributed by atoms with van der Waals surface area (Å²) in [5, 5.41) is 0. The monoisotopic (exact) mass is 924 g/mol. The maximum Gasteiger partial charge on any atom is 0.468 e. The highest BCUT2D eigenvalue weighted by molar-refractivity contribution is 6.81. The first kappa shape index (κ1) is 51.3. The van der Waals surface area contributed by atoms with Crippen molar-refractivity contribution in [3.8, 4) is 0 Å². The van der Waals surface area contributed by atoms with Gasteiger partial charge in [0.15, 0.2) is 81.4 Å². The van der Waals surface area contributed by atoms with Gasteiger partial charge in [-0.3, -0.25) is 0 Å². The van der Waals surface area contributed by atoms with Crippen molar-refractivity contribution in [3.63, 3.8) is 0 Å². The Bertz CT molecular complexity index is 855. The molecule has 21 heteroatoms.